The summed E-state index contributed by atoms with van der Waals surface area (Å²) < 4.78 is 65.0. The first-order valence-corrected chi connectivity index (χ1v) is 15.7. The molecule has 0 atom stereocenters. The Labute approximate surface area is 263 Å². The molecule has 1 heterocycles. The van der Waals surface area contributed by atoms with E-state index < -0.39 is 5.97 Å². The highest BCUT2D eigenvalue weighted by Gasteiger charge is 2.12. The average molecular weight is 640 g/mol. The molecule has 14 heteroatoms. The predicted molar refractivity (Wildman–Crippen MR) is 161 cm³/mol. The van der Waals surface area contributed by atoms with Gasteiger partial charge >= 0.3 is 5.97 Å². The van der Waals surface area contributed by atoms with Gasteiger partial charge in [0.05, 0.1) is 145 Å². The van der Waals surface area contributed by atoms with Crippen LogP contribution < -0.4 is 5.32 Å². The van der Waals surface area contributed by atoms with Gasteiger partial charge in [-0.15, -0.1) is 0 Å². The topological polar surface area (TPSA) is 140 Å². The molecule has 0 aromatic rings. The third-order valence-electron chi connectivity index (χ3n) is 5.85. The Kier molecular flexibility index (Phi) is 32.0. The van der Waals surface area contributed by atoms with E-state index in [4.69, 9.17) is 56.8 Å². The summed E-state index contributed by atoms with van der Waals surface area (Å²) in [7, 11) is 0. The SMILES string of the molecule is C=CC(=O)OCCOCCOCCOCCOCCOCCOCCOCCOCCOCCOCCOC1CCNCC1. The minimum Gasteiger partial charge on any atom is -0.460 e. The Morgan fingerprint density at radius 1 is 0.477 bits per heavy atom. The molecule has 1 N–H and O–H groups in total. The second kappa shape index (κ2) is 34.6. The zero-order valence-corrected chi connectivity index (χ0v) is 26.6. The monoisotopic (exact) mass is 639 g/mol. The van der Waals surface area contributed by atoms with Crippen molar-refractivity contribution < 1.29 is 61.6 Å². The van der Waals surface area contributed by atoms with Crippen molar-refractivity contribution in [3.63, 3.8) is 0 Å². The minimum atomic E-state index is -0.458. The number of nitrogens with one attached hydrogen (secondary N) is 1. The first kappa shape index (κ1) is 40.8. The zero-order valence-electron chi connectivity index (χ0n) is 26.6. The van der Waals surface area contributed by atoms with Crippen LogP contribution in [0.1, 0.15) is 12.8 Å². The number of esters is 1. The smallest absolute Gasteiger partial charge is 0.330 e. The van der Waals surface area contributed by atoms with Gasteiger partial charge in [0.2, 0.25) is 0 Å². The van der Waals surface area contributed by atoms with Crippen LogP contribution in [0.15, 0.2) is 12.7 Å². The molecular weight excluding hydrogens is 582 g/mol. The lowest BCUT2D eigenvalue weighted by molar-refractivity contribution is -0.139. The average Bonchev–Trinajstić information content (AvgIpc) is 3.05. The van der Waals surface area contributed by atoms with Crippen LogP contribution in [0.25, 0.3) is 0 Å². The van der Waals surface area contributed by atoms with Crippen molar-refractivity contribution in [1.29, 1.82) is 0 Å². The normalized spacial score (nSPS) is 13.8. The molecule has 1 fully saturated rings. The molecule has 0 unspecified atom stereocenters. The minimum absolute atomic E-state index is 0.200. The van der Waals surface area contributed by atoms with E-state index in [0.29, 0.717) is 145 Å². The van der Waals surface area contributed by atoms with Crippen molar-refractivity contribution in [2.24, 2.45) is 0 Å². The van der Waals surface area contributed by atoms with Crippen LogP contribution >= 0.6 is 0 Å². The summed E-state index contributed by atoms with van der Waals surface area (Å²) in [5.41, 5.74) is 0. The molecule has 1 aliphatic rings. The Hall–Kier alpha value is -1.27. The van der Waals surface area contributed by atoms with Gasteiger partial charge in [0.15, 0.2) is 0 Å². The van der Waals surface area contributed by atoms with E-state index in [1.807, 2.05) is 0 Å². The molecule has 1 saturated heterocycles. The van der Waals surface area contributed by atoms with Crippen molar-refractivity contribution in [2.45, 2.75) is 18.9 Å². The van der Waals surface area contributed by atoms with E-state index in [0.717, 1.165) is 32.0 Å². The quantitative estimate of drug-likeness (QED) is 0.0590. The summed E-state index contributed by atoms with van der Waals surface area (Å²) in [6.45, 7) is 16.2. The van der Waals surface area contributed by atoms with E-state index >= 15 is 0 Å². The molecule has 0 spiro atoms. The maximum absolute atomic E-state index is 10.8. The first-order valence-electron chi connectivity index (χ1n) is 15.7. The standard InChI is InChI=1S/C30H57NO13/c1-2-30(32)44-28-26-42-24-22-40-20-18-38-16-14-36-12-10-34-8-7-33-9-11-35-13-15-37-17-19-39-21-23-41-25-27-43-29-3-5-31-6-4-29/h2,29,31H,1,3-28H2. The maximum Gasteiger partial charge on any atom is 0.330 e. The molecule has 0 amide bonds. The van der Waals surface area contributed by atoms with Crippen molar-refractivity contribution in [3.05, 3.63) is 12.7 Å². The van der Waals surface area contributed by atoms with Crippen LogP contribution in [0.5, 0.6) is 0 Å². The largest absolute Gasteiger partial charge is 0.460 e. The first-order chi connectivity index (χ1) is 21.8. The maximum atomic E-state index is 10.8. The van der Waals surface area contributed by atoms with Crippen molar-refractivity contribution >= 4 is 5.97 Å². The molecule has 44 heavy (non-hydrogen) atoms. The van der Waals surface area contributed by atoms with Gasteiger partial charge in [-0.3, -0.25) is 0 Å². The number of carbonyl (C=O) groups is 1. The number of hydrogen-bond donors (Lipinski definition) is 1. The highest BCUT2D eigenvalue weighted by Crippen LogP contribution is 2.06. The van der Waals surface area contributed by atoms with Gasteiger partial charge in [-0.1, -0.05) is 6.58 Å². The lowest BCUT2D eigenvalue weighted by Gasteiger charge is -2.22. The van der Waals surface area contributed by atoms with Gasteiger partial charge in [0, 0.05) is 6.08 Å². The van der Waals surface area contributed by atoms with Gasteiger partial charge in [-0.05, 0) is 25.9 Å². The summed E-state index contributed by atoms with van der Waals surface area (Å²) >= 11 is 0. The highest BCUT2D eigenvalue weighted by atomic mass is 16.6. The van der Waals surface area contributed by atoms with Gasteiger partial charge in [0.25, 0.3) is 0 Å². The van der Waals surface area contributed by atoms with E-state index in [1.165, 1.54) is 0 Å². The van der Waals surface area contributed by atoms with Crippen LogP contribution in [-0.2, 0) is 61.6 Å². The predicted octanol–water partition coefficient (Wildman–Crippen LogP) is 0.650. The van der Waals surface area contributed by atoms with Crippen LogP contribution in [-0.4, -0.2) is 171 Å². The van der Waals surface area contributed by atoms with Gasteiger partial charge in [-0.2, -0.15) is 0 Å². The lowest BCUT2D eigenvalue weighted by atomic mass is 10.1. The number of carbonyl (C=O) groups excluding carboxylic acids is 1. The van der Waals surface area contributed by atoms with Gasteiger partial charge in [-0.25, -0.2) is 4.79 Å². The Balaban J connectivity index is 1.61. The fourth-order valence-corrected chi connectivity index (χ4v) is 3.58. The van der Waals surface area contributed by atoms with Gasteiger partial charge < -0.3 is 62.2 Å². The highest BCUT2D eigenvalue weighted by molar-refractivity contribution is 5.81. The zero-order chi connectivity index (χ0) is 31.4. The Morgan fingerprint density at radius 2 is 0.750 bits per heavy atom. The fraction of sp³-hybridized carbons (Fsp3) is 0.900. The second-order valence-electron chi connectivity index (χ2n) is 9.32. The van der Waals surface area contributed by atoms with Crippen molar-refractivity contribution in [2.75, 3.05) is 158 Å². The molecular formula is C30H57NO13. The van der Waals surface area contributed by atoms with E-state index in [1.54, 1.807) is 0 Å². The van der Waals surface area contributed by atoms with E-state index in [9.17, 15) is 4.79 Å². The number of hydrogen-bond acceptors (Lipinski definition) is 14. The number of rotatable bonds is 35. The third-order valence-corrected chi connectivity index (χ3v) is 5.85. The molecule has 0 radical (unpaired) electrons. The molecule has 260 valence electrons. The molecule has 1 rings (SSSR count). The molecule has 0 aliphatic carbocycles. The molecule has 0 bridgehead atoms. The molecule has 0 aromatic heterocycles. The fourth-order valence-electron chi connectivity index (χ4n) is 3.58. The van der Waals surface area contributed by atoms with Crippen LogP contribution in [0.3, 0.4) is 0 Å². The van der Waals surface area contributed by atoms with Crippen LogP contribution in [0.4, 0.5) is 0 Å². The van der Waals surface area contributed by atoms with Crippen LogP contribution in [0.2, 0.25) is 0 Å². The molecule has 0 aromatic carbocycles. The van der Waals surface area contributed by atoms with Gasteiger partial charge in [0.1, 0.15) is 6.61 Å². The van der Waals surface area contributed by atoms with Crippen molar-refractivity contribution in [3.8, 4) is 0 Å². The second-order valence-corrected chi connectivity index (χ2v) is 9.32. The summed E-state index contributed by atoms with van der Waals surface area (Å²) in [6.07, 6.45) is 3.64. The Morgan fingerprint density at radius 3 is 1.05 bits per heavy atom. The van der Waals surface area contributed by atoms with E-state index in [2.05, 4.69) is 11.9 Å². The molecule has 1 aliphatic heterocycles. The lowest BCUT2D eigenvalue weighted by Crippen LogP contribution is -2.33. The number of ether oxygens (including phenoxy) is 12. The summed E-state index contributed by atoms with van der Waals surface area (Å²) in [6, 6.07) is 0. The molecule has 14 nitrogen and oxygen atoms in total. The summed E-state index contributed by atoms with van der Waals surface area (Å²) in [5, 5.41) is 3.32. The van der Waals surface area contributed by atoms with E-state index in [-0.39, 0.29) is 6.61 Å². The third kappa shape index (κ3) is 30.7. The van der Waals surface area contributed by atoms with Crippen LogP contribution in [0, 0.1) is 0 Å². The van der Waals surface area contributed by atoms with Crippen molar-refractivity contribution in [1.82, 2.24) is 5.32 Å². The Bertz CT molecular complexity index is 611. The summed E-state index contributed by atoms with van der Waals surface area (Å²) in [5.74, 6) is -0.458. The summed E-state index contributed by atoms with van der Waals surface area (Å²) in [4.78, 5) is 10.8. The molecule has 0 saturated carbocycles. The number of piperidine rings is 1.